The van der Waals surface area contributed by atoms with Gasteiger partial charge < -0.3 is 0 Å². The molecule has 0 bridgehead atoms. The molecular weight excluding hydrogens is 179 g/mol. The molecule has 0 N–H and O–H groups in total. The van der Waals surface area contributed by atoms with Crippen LogP contribution in [0.4, 0.5) is 4.39 Å². The van der Waals surface area contributed by atoms with Gasteiger partial charge in [-0.2, -0.15) is 0 Å². The monoisotopic (exact) mass is 192 g/mol. The minimum absolute atomic E-state index is 0.0437. The van der Waals surface area contributed by atoms with Crippen molar-refractivity contribution < 1.29 is 9.18 Å². The van der Waals surface area contributed by atoms with Crippen LogP contribution in [0.25, 0.3) is 0 Å². The van der Waals surface area contributed by atoms with E-state index in [0.29, 0.717) is 6.42 Å². The fourth-order valence-electron chi connectivity index (χ4n) is 1.29. The number of ketones is 1. The smallest absolute Gasteiger partial charge is 0.159 e. The zero-order chi connectivity index (χ0) is 10.6. The highest BCUT2D eigenvalue weighted by Crippen LogP contribution is 2.11. The second-order valence-electron chi connectivity index (χ2n) is 3.21. The SMILES string of the molecule is C/C=C/C(=O)Cc1ccc(F)cc1C. The predicted molar refractivity (Wildman–Crippen MR) is 54.7 cm³/mol. The zero-order valence-electron chi connectivity index (χ0n) is 8.38. The third-order valence-electron chi connectivity index (χ3n) is 2.02. The molecule has 0 unspecified atom stereocenters. The Hall–Kier alpha value is -1.44. The van der Waals surface area contributed by atoms with Gasteiger partial charge in [-0.05, 0) is 43.2 Å². The Bertz CT molecular complexity index is 367. The van der Waals surface area contributed by atoms with E-state index in [9.17, 15) is 9.18 Å². The first-order valence-electron chi connectivity index (χ1n) is 4.54. The second-order valence-corrected chi connectivity index (χ2v) is 3.21. The average molecular weight is 192 g/mol. The van der Waals surface area contributed by atoms with Crippen LogP contribution in [0.5, 0.6) is 0 Å². The van der Waals surface area contributed by atoms with E-state index in [1.807, 2.05) is 0 Å². The Labute approximate surface area is 83.3 Å². The van der Waals surface area contributed by atoms with Crippen molar-refractivity contribution in [1.29, 1.82) is 0 Å². The quantitative estimate of drug-likeness (QED) is 0.673. The van der Waals surface area contributed by atoms with Gasteiger partial charge in [0.2, 0.25) is 0 Å². The Morgan fingerprint density at radius 3 is 2.79 bits per heavy atom. The Morgan fingerprint density at radius 1 is 1.50 bits per heavy atom. The van der Waals surface area contributed by atoms with Crippen LogP contribution in [-0.2, 0) is 11.2 Å². The summed E-state index contributed by atoms with van der Waals surface area (Å²) in [6.07, 6.45) is 3.58. The predicted octanol–water partition coefficient (Wildman–Crippen LogP) is 2.82. The summed E-state index contributed by atoms with van der Waals surface area (Å²) >= 11 is 0. The molecule has 2 heteroatoms. The van der Waals surface area contributed by atoms with Crippen molar-refractivity contribution in [3.05, 3.63) is 47.3 Å². The highest BCUT2D eigenvalue weighted by Gasteiger charge is 2.03. The number of rotatable bonds is 3. The molecule has 0 spiro atoms. The number of allylic oxidation sites excluding steroid dienone is 2. The van der Waals surface area contributed by atoms with Gasteiger partial charge in [-0.1, -0.05) is 12.1 Å². The summed E-state index contributed by atoms with van der Waals surface area (Å²) in [6, 6.07) is 4.48. The Kier molecular flexibility index (Phi) is 3.57. The van der Waals surface area contributed by atoms with Gasteiger partial charge in [0.1, 0.15) is 5.82 Å². The Balaban J connectivity index is 2.82. The summed E-state index contributed by atoms with van der Waals surface area (Å²) in [5, 5.41) is 0. The molecule has 14 heavy (non-hydrogen) atoms. The largest absolute Gasteiger partial charge is 0.294 e. The molecule has 74 valence electrons. The zero-order valence-corrected chi connectivity index (χ0v) is 8.38. The fourth-order valence-corrected chi connectivity index (χ4v) is 1.29. The lowest BCUT2D eigenvalue weighted by Gasteiger charge is -2.02. The number of carbonyl (C=O) groups excluding carboxylic acids is 1. The van der Waals surface area contributed by atoms with Crippen molar-refractivity contribution in [3.8, 4) is 0 Å². The molecule has 1 rings (SSSR count). The van der Waals surface area contributed by atoms with E-state index in [4.69, 9.17) is 0 Å². The van der Waals surface area contributed by atoms with Crippen molar-refractivity contribution >= 4 is 5.78 Å². The van der Waals surface area contributed by atoms with Crippen molar-refractivity contribution in [3.63, 3.8) is 0 Å². The van der Waals surface area contributed by atoms with Crippen LogP contribution in [0.15, 0.2) is 30.4 Å². The minimum atomic E-state index is -0.260. The third kappa shape index (κ3) is 2.80. The summed E-state index contributed by atoms with van der Waals surface area (Å²) < 4.78 is 12.7. The molecule has 1 aromatic carbocycles. The maximum absolute atomic E-state index is 12.7. The Morgan fingerprint density at radius 2 is 2.21 bits per heavy atom. The maximum Gasteiger partial charge on any atom is 0.159 e. The van der Waals surface area contributed by atoms with E-state index in [1.54, 1.807) is 26.0 Å². The standard InChI is InChI=1S/C12H13FO/c1-3-4-12(14)8-10-5-6-11(13)7-9(10)2/h3-7H,8H2,1-2H3/b4-3+. The molecule has 0 heterocycles. The van der Waals surface area contributed by atoms with Gasteiger partial charge in [0, 0.05) is 6.42 Å². The van der Waals surface area contributed by atoms with E-state index in [-0.39, 0.29) is 11.6 Å². The van der Waals surface area contributed by atoms with Crippen LogP contribution in [0.2, 0.25) is 0 Å². The fraction of sp³-hybridized carbons (Fsp3) is 0.250. The van der Waals surface area contributed by atoms with E-state index in [2.05, 4.69) is 0 Å². The normalized spacial score (nSPS) is 10.8. The number of halogens is 1. The summed E-state index contributed by atoms with van der Waals surface area (Å²) in [5.41, 5.74) is 1.71. The first kappa shape index (κ1) is 10.6. The van der Waals surface area contributed by atoms with Gasteiger partial charge in [-0.25, -0.2) is 4.39 Å². The number of hydrogen-bond donors (Lipinski definition) is 0. The van der Waals surface area contributed by atoms with Crippen LogP contribution in [0.3, 0.4) is 0 Å². The topological polar surface area (TPSA) is 17.1 Å². The van der Waals surface area contributed by atoms with Crippen molar-refractivity contribution in [1.82, 2.24) is 0 Å². The molecule has 0 fully saturated rings. The average Bonchev–Trinajstić information content (AvgIpc) is 2.10. The number of aryl methyl sites for hydroxylation is 1. The first-order chi connectivity index (χ1) is 6.63. The van der Waals surface area contributed by atoms with Gasteiger partial charge in [0.25, 0.3) is 0 Å². The molecule has 0 radical (unpaired) electrons. The lowest BCUT2D eigenvalue weighted by molar-refractivity contribution is -0.114. The molecule has 0 aliphatic carbocycles. The first-order valence-corrected chi connectivity index (χ1v) is 4.54. The summed E-state index contributed by atoms with van der Waals surface area (Å²) in [7, 11) is 0. The molecule has 0 aromatic heterocycles. The highest BCUT2D eigenvalue weighted by atomic mass is 19.1. The molecule has 0 aliphatic rings. The molecule has 0 saturated carbocycles. The van der Waals surface area contributed by atoms with Crippen molar-refractivity contribution in [2.24, 2.45) is 0 Å². The summed E-state index contributed by atoms with van der Waals surface area (Å²) in [5.74, 6) is -0.216. The third-order valence-corrected chi connectivity index (χ3v) is 2.02. The van der Waals surface area contributed by atoms with Crippen LogP contribution >= 0.6 is 0 Å². The van der Waals surface area contributed by atoms with Crippen LogP contribution in [-0.4, -0.2) is 5.78 Å². The van der Waals surface area contributed by atoms with E-state index >= 15 is 0 Å². The summed E-state index contributed by atoms with van der Waals surface area (Å²) in [4.78, 5) is 11.3. The molecule has 1 aromatic rings. The molecular formula is C12H13FO. The van der Waals surface area contributed by atoms with Gasteiger partial charge >= 0.3 is 0 Å². The minimum Gasteiger partial charge on any atom is -0.294 e. The molecule has 0 aliphatic heterocycles. The molecule has 0 amide bonds. The van der Waals surface area contributed by atoms with E-state index < -0.39 is 0 Å². The van der Waals surface area contributed by atoms with Crippen LogP contribution < -0.4 is 0 Å². The van der Waals surface area contributed by atoms with Crippen molar-refractivity contribution in [2.45, 2.75) is 20.3 Å². The highest BCUT2D eigenvalue weighted by molar-refractivity contribution is 5.91. The van der Waals surface area contributed by atoms with Crippen LogP contribution in [0.1, 0.15) is 18.1 Å². The van der Waals surface area contributed by atoms with E-state index in [0.717, 1.165) is 11.1 Å². The lowest BCUT2D eigenvalue weighted by atomic mass is 10.0. The number of benzene rings is 1. The van der Waals surface area contributed by atoms with Gasteiger partial charge in [-0.3, -0.25) is 4.79 Å². The number of hydrogen-bond acceptors (Lipinski definition) is 1. The van der Waals surface area contributed by atoms with E-state index in [1.165, 1.54) is 18.2 Å². The van der Waals surface area contributed by atoms with Gasteiger partial charge in [-0.15, -0.1) is 0 Å². The molecule has 1 nitrogen and oxygen atoms in total. The number of carbonyl (C=O) groups is 1. The molecule has 0 atom stereocenters. The summed E-state index contributed by atoms with van der Waals surface area (Å²) in [6.45, 7) is 3.61. The van der Waals surface area contributed by atoms with Crippen molar-refractivity contribution in [2.75, 3.05) is 0 Å². The molecule has 0 saturated heterocycles. The maximum atomic E-state index is 12.7. The second kappa shape index (κ2) is 4.70. The van der Waals surface area contributed by atoms with Gasteiger partial charge in [0.15, 0.2) is 5.78 Å². The lowest BCUT2D eigenvalue weighted by Crippen LogP contribution is -2.00. The van der Waals surface area contributed by atoms with Gasteiger partial charge in [0.05, 0.1) is 0 Å². The van der Waals surface area contributed by atoms with Crippen LogP contribution in [0, 0.1) is 12.7 Å².